The molecule has 6 aromatic rings. The molecule has 0 N–H and O–H groups in total. The highest BCUT2D eigenvalue weighted by Crippen LogP contribution is 2.36. The number of nitriles is 1. The summed E-state index contributed by atoms with van der Waals surface area (Å²) in [4.78, 5) is 4.43. The summed E-state index contributed by atoms with van der Waals surface area (Å²) in [6, 6.07) is 41.7. The average Bonchev–Trinajstić information content (AvgIpc) is 3.23. The molecule has 3 nitrogen and oxygen atoms in total. The van der Waals surface area contributed by atoms with Crippen molar-refractivity contribution in [3.8, 4) is 34.1 Å². The fraction of sp³-hybridized carbons (Fsp3) is 0. The molecule has 3 heteroatoms. The lowest BCUT2D eigenvalue weighted by atomic mass is 10.0. The van der Waals surface area contributed by atoms with E-state index < -0.39 is 0 Å². The van der Waals surface area contributed by atoms with Crippen molar-refractivity contribution in [2.75, 3.05) is 0 Å². The Hall–Kier alpha value is -4.68. The van der Waals surface area contributed by atoms with Crippen molar-refractivity contribution in [1.82, 2.24) is 9.55 Å². The summed E-state index contributed by atoms with van der Waals surface area (Å²) in [6.07, 6.45) is 0. The number of hydrogen-bond acceptors (Lipinski definition) is 2. The number of fused-ring (bicyclic) bond motifs is 3. The Kier molecular flexibility index (Phi) is 4.49. The van der Waals surface area contributed by atoms with E-state index in [0.717, 1.165) is 28.1 Å². The van der Waals surface area contributed by atoms with Gasteiger partial charge in [0.05, 0.1) is 22.4 Å². The van der Waals surface area contributed by atoms with Crippen LogP contribution in [-0.2, 0) is 0 Å². The largest absolute Gasteiger partial charge is 0.309 e. The molecule has 0 aliphatic carbocycles. The first-order valence-corrected chi connectivity index (χ1v) is 10.9. The Morgan fingerprint density at radius 2 is 1.18 bits per heavy atom. The maximum absolute atomic E-state index is 9.16. The van der Waals surface area contributed by atoms with E-state index in [1.807, 2.05) is 12.1 Å². The molecule has 0 radical (unpaired) electrons. The monoisotopic (exact) mass is 421 g/mol. The molecule has 0 atom stereocenters. The number of nitrogens with zero attached hydrogens (tertiary/aromatic N) is 3. The lowest BCUT2D eigenvalue weighted by molar-refractivity contribution is 1.18. The van der Waals surface area contributed by atoms with Gasteiger partial charge in [0, 0.05) is 21.9 Å². The lowest BCUT2D eigenvalue weighted by Gasteiger charge is -2.14. The van der Waals surface area contributed by atoms with Gasteiger partial charge in [0.2, 0.25) is 0 Å². The smallest absolute Gasteiger partial charge is 0.141 e. The highest BCUT2D eigenvalue weighted by molar-refractivity contribution is 6.09. The summed E-state index contributed by atoms with van der Waals surface area (Å²) in [7, 11) is 0. The summed E-state index contributed by atoms with van der Waals surface area (Å²) in [5, 5.41) is 11.7. The van der Waals surface area contributed by atoms with Gasteiger partial charge in [-0.3, -0.25) is 0 Å². The summed E-state index contributed by atoms with van der Waals surface area (Å²) in [6.45, 7) is 0. The molecule has 4 aromatic carbocycles. The summed E-state index contributed by atoms with van der Waals surface area (Å²) >= 11 is 0. The zero-order valence-corrected chi connectivity index (χ0v) is 17.8. The third-order valence-corrected chi connectivity index (χ3v) is 6.08. The molecule has 0 aliphatic rings. The van der Waals surface area contributed by atoms with E-state index >= 15 is 0 Å². The van der Waals surface area contributed by atoms with Gasteiger partial charge < -0.3 is 4.57 Å². The average molecular weight is 422 g/mol. The van der Waals surface area contributed by atoms with E-state index in [1.54, 1.807) is 6.07 Å². The third-order valence-electron chi connectivity index (χ3n) is 6.08. The normalized spacial score (nSPS) is 11.0. The van der Waals surface area contributed by atoms with Gasteiger partial charge in [0.25, 0.3) is 0 Å². The van der Waals surface area contributed by atoms with Gasteiger partial charge in [0.15, 0.2) is 0 Å². The maximum atomic E-state index is 9.16. The molecule has 0 fully saturated rings. The van der Waals surface area contributed by atoms with E-state index in [-0.39, 0.29) is 0 Å². The van der Waals surface area contributed by atoms with Crippen LogP contribution < -0.4 is 0 Å². The Labute approximate surface area is 191 Å². The molecule has 0 unspecified atom stereocenters. The lowest BCUT2D eigenvalue weighted by Crippen LogP contribution is -1.97. The molecule has 0 saturated heterocycles. The zero-order valence-electron chi connectivity index (χ0n) is 17.8. The molecule has 0 amide bonds. The molecule has 2 aromatic heterocycles. The van der Waals surface area contributed by atoms with Gasteiger partial charge in [-0.05, 0) is 35.9 Å². The van der Waals surface area contributed by atoms with Crippen molar-refractivity contribution in [3.05, 3.63) is 121 Å². The van der Waals surface area contributed by atoms with Crippen molar-refractivity contribution in [1.29, 1.82) is 5.26 Å². The molecule has 2 heterocycles. The molecule has 6 rings (SSSR count). The molecular formula is C30H19N3. The van der Waals surface area contributed by atoms with Gasteiger partial charge in [0.1, 0.15) is 11.8 Å². The first kappa shape index (κ1) is 19.0. The van der Waals surface area contributed by atoms with E-state index in [0.29, 0.717) is 5.69 Å². The van der Waals surface area contributed by atoms with Crippen molar-refractivity contribution in [3.63, 3.8) is 0 Å². The highest BCUT2D eigenvalue weighted by atomic mass is 15.0. The number of para-hydroxylation sites is 3. The SMILES string of the molecule is N#Cc1cccc(-c2ccc(-c3ccccc3-n3c4ccccc4c4ccccc43)cc2)n1. The Morgan fingerprint density at radius 3 is 1.88 bits per heavy atom. The zero-order chi connectivity index (χ0) is 22.2. The number of pyridine rings is 1. The van der Waals surface area contributed by atoms with Gasteiger partial charge in [-0.15, -0.1) is 0 Å². The number of aromatic nitrogens is 2. The van der Waals surface area contributed by atoms with Crippen molar-refractivity contribution in [2.24, 2.45) is 0 Å². The van der Waals surface area contributed by atoms with E-state index in [2.05, 4.69) is 113 Å². The molecule has 0 spiro atoms. The van der Waals surface area contributed by atoms with Gasteiger partial charge in [-0.1, -0.05) is 84.9 Å². The van der Waals surface area contributed by atoms with Crippen LogP contribution in [-0.4, -0.2) is 9.55 Å². The first-order chi connectivity index (χ1) is 16.3. The highest BCUT2D eigenvalue weighted by Gasteiger charge is 2.14. The second-order valence-corrected chi connectivity index (χ2v) is 7.98. The molecular weight excluding hydrogens is 402 g/mol. The van der Waals surface area contributed by atoms with Crippen LogP contribution in [0.25, 0.3) is 49.9 Å². The maximum Gasteiger partial charge on any atom is 0.141 e. The van der Waals surface area contributed by atoms with Gasteiger partial charge >= 0.3 is 0 Å². The third kappa shape index (κ3) is 3.17. The predicted octanol–water partition coefficient (Wildman–Crippen LogP) is 7.38. The second kappa shape index (κ2) is 7.78. The van der Waals surface area contributed by atoms with Crippen LogP contribution in [0.5, 0.6) is 0 Å². The Bertz CT molecular complexity index is 1610. The summed E-state index contributed by atoms with van der Waals surface area (Å²) in [5.74, 6) is 0. The Morgan fingerprint density at radius 1 is 0.576 bits per heavy atom. The van der Waals surface area contributed by atoms with Crippen LogP contribution in [0, 0.1) is 11.3 Å². The minimum absolute atomic E-state index is 0.424. The topological polar surface area (TPSA) is 41.6 Å². The molecule has 0 aliphatic heterocycles. The second-order valence-electron chi connectivity index (χ2n) is 7.98. The van der Waals surface area contributed by atoms with Crippen LogP contribution in [0.2, 0.25) is 0 Å². The van der Waals surface area contributed by atoms with E-state index in [9.17, 15) is 0 Å². The van der Waals surface area contributed by atoms with Crippen LogP contribution in [0.4, 0.5) is 0 Å². The number of hydrogen-bond donors (Lipinski definition) is 0. The predicted molar refractivity (Wildman–Crippen MR) is 134 cm³/mol. The minimum Gasteiger partial charge on any atom is -0.309 e. The van der Waals surface area contributed by atoms with Crippen LogP contribution >= 0.6 is 0 Å². The molecule has 0 bridgehead atoms. The standard InChI is InChI=1S/C30H19N3/c31-20-23-8-7-12-27(32-23)22-18-16-21(17-19-22)24-9-1-4-13-28(24)33-29-14-5-2-10-25(29)26-11-3-6-15-30(26)33/h1-19H. The molecule has 33 heavy (non-hydrogen) atoms. The van der Waals surface area contributed by atoms with Gasteiger partial charge in [-0.2, -0.15) is 5.26 Å². The quantitative estimate of drug-likeness (QED) is 0.299. The van der Waals surface area contributed by atoms with Gasteiger partial charge in [-0.25, -0.2) is 4.98 Å². The summed E-state index contributed by atoms with van der Waals surface area (Å²) < 4.78 is 2.35. The van der Waals surface area contributed by atoms with Crippen molar-refractivity contribution in [2.45, 2.75) is 0 Å². The summed E-state index contributed by atoms with van der Waals surface area (Å²) in [5.41, 5.74) is 8.05. The minimum atomic E-state index is 0.424. The van der Waals surface area contributed by atoms with Crippen LogP contribution in [0.15, 0.2) is 115 Å². The fourth-order valence-corrected chi connectivity index (χ4v) is 4.57. The number of rotatable bonds is 3. The number of benzene rings is 4. The molecule has 0 saturated carbocycles. The van der Waals surface area contributed by atoms with E-state index in [4.69, 9.17) is 5.26 Å². The van der Waals surface area contributed by atoms with E-state index in [1.165, 1.54) is 21.8 Å². The fourth-order valence-electron chi connectivity index (χ4n) is 4.57. The van der Waals surface area contributed by atoms with Crippen LogP contribution in [0.3, 0.4) is 0 Å². The molecule has 154 valence electrons. The van der Waals surface area contributed by atoms with Crippen LogP contribution in [0.1, 0.15) is 5.69 Å². The van der Waals surface area contributed by atoms with Crippen molar-refractivity contribution >= 4 is 21.8 Å². The van der Waals surface area contributed by atoms with Crippen molar-refractivity contribution < 1.29 is 0 Å². The first-order valence-electron chi connectivity index (χ1n) is 10.9. The Balaban J connectivity index is 1.52.